The van der Waals surface area contributed by atoms with Crippen molar-refractivity contribution in [3.63, 3.8) is 0 Å². The van der Waals surface area contributed by atoms with Crippen LogP contribution in [0.2, 0.25) is 0 Å². The third-order valence-corrected chi connectivity index (χ3v) is 4.19. The number of hydrogen-bond acceptors (Lipinski definition) is 3. The molecule has 2 aromatic carbocycles. The van der Waals surface area contributed by atoms with Crippen LogP contribution in [0, 0.1) is 5.82 Å². The maximum atomic E-state index is 14.6. The molecule has 0 spiro atoms. The Balaban J connectivity index is 1.79. The molecule has 1 aliphatic rings. The zero-order valence-electron chi connectivity index (χ0n) is 14.0. The molecule has 0 saturated heterocycles. The van der Waals surface area contributed by atoms with Gasteiger partial charge in [0.25, 0.3) is 5.91 Å². The molecular formula is C19H20FN3O2. The van der Waals surface area contributed by atoms with Gasteiger partial charge in [-0.2, -0.15) is 0 Å². The first-order valence-corrected chi connectivity index (χ1v) is 8.30. The summed E-state index contributed by atoms with van der Waals surface area (Å²) in [4.78, 5) is 23.9. The van der Waals surface area contributed by atoms with E-state index in [1.807, 2.05) is 6.07 Å². The summed E-state index contributed by atoms with van der Waals surface area (Å²) in [7, 11) is 0. The van der Waals surface area contributed by atoms with Gasteiger partial charge in [-0.05, 0) is 48.4 Å². The summed E-state index contributed by atoms with van der Waals surface area (Å²) in [5.41, 5.74) is 2.64. The SMILES string of the molecule is CCC(=O)Nc1cccc(C(=O)Nc2ccc3c(c2F)CCNC3)c1. The van der Waals surface area contributed by atoms with E-state index in [0.29, 0.717) is 36.2 Å². The summed E-state index contributed by atoms with van der Waals surface area (Å²) < 4.78 is 14.6. The molecule has 0 radical (unpaired) electrons. The maximum absolute atomic E-state index is 14.6. The second-order valence-corrected chi connectivity index (χ2v) is 5.93. The Labute approximate surface area is 145 Å². The van der Waals surface area contributed by atoms with Crippen LogP contribution in [0.3, 0.4) is 0 Å². The zero-order valence-corrected chi connectivity index (χ0v) is 14.0. The standard InChI is InChI=1S/C19H20FN3O2/c1-2-17(24)22-14-5-3-4-12(10-14)19(25)23-16-7-6-13-11-21-9-8-15(13)18(16)20/h3-7,10,21H,2,8-9,11H2,1H3,(H,22,24)(H,23,25). The van der Waals surface area contributed by atoms with Crippen molar-refractivity contribution in [3.8, 4) is 0 Å². The van der Waals surface area contributed by atoms with Crippen LogP contribution in [0.4, 0.5) is 15.8 Å². The Kier molecular flexibility index (Phi) is 5.09. The second-order valence-electron chi connectivity index (χ2n) is 5.93. The maximum Gasteiger partial charge on any atom is 0.255 e. The fraction of sp³-hybridized carbons (Fsp3) is 0.263. The molecule has 130 valence electrons. The number of fused-ring (bicyclic) bond motifs is 1. The van der Waals surface area contributed by atoms with Gasteiger partial charge in [0.05, 0.1) is 5.69 Å². The summed E-state index contributed by atoms with van der Waals surface area (Å²) >= 11 is 0. The minimum Gasteiger partial charge on any atom is -0.326 e. The van der Waals surface area contributed by atoms with Crippen LogP contribution in [0.1, 0.15) is 34.8 Å². The van der Waals surface area contributed by atoms with Gasteiger partial charge in [-0.15, -0.1) is 0 Å². The molecule has 0 aliphatic carbocycles. The number of nitrogens with one attached hydrogen (secondary N) is 3. The number of hydrogen-bond donors (Lipinski definition) is 3. The Morgan fingerprint density at radius 1 is 1.20 bits per heavy atom. The van der Waals surface area contributed by atoms with Crippen LogP contribution in [0.15, 0.2) is 36.4 Å². The van der Waals surface area contributed by atoms with Gasteiger partial charge in [-0.3, -0.25) is 9.59 Å². The lowest BCUT2D eigenvalue weighted by atomic mass is 9.99. The molecule has 25 heavy (non-hydrogen) atoms. The van der Waals surface area contributed by atoms with Crippen LogP contribution in [-0.4, -0.2) is 18.4 Å². The van der Waals surface area contributed by atoms with E-state index in [1.54, 1.807) is 37.3 Å². The number of rotatable bonds is 4. The lowest BCUT2D eigenvalue weighted by Gasteiger charge is -2.19. The predicted octanol–water partition coefficient (Wildman–Crippen LogP) is 3.07. The van der Waals surface area contributed by atoms with Crippen molar-refractivity contribution in [1.82, 2.24) is 5.32 Å². The van der Waals surface area contributed by atoms with Crippen molar-refractivity contribution in [1.29, 1.82) is 0 Å². The third-order valence-electron chi connectivity index (χ3n) is 4.19. The Hall–Kier alpha value is -2.73. The highest BCUT2D eigenvalue weighted by molar-refractivity contribution is 6.05. The number of carbonyl (C=O) groups excluding carboxylic acids is 2. The molecule has 2 amide bonds. The number of amides is 2. The van der Waals surface area contributed by atoms with E-state index in [4.69, 9.17) is 0 Å². The Bertz CT molecular complexity index is 820. The predicted molar refractivity (Wildman–Crippen MR) is 95.1 cm³/mol. The molecule has 3 N–H and O–H groups in total. The molecule has 0 fully saturated rings. The molecule has 0 unspecified atom stereocenters. The Morgan fingerprint density at radius 2 is 2.04 bits per heavy atom. The monoisotopic (exact) mass is 341 g/mol. The van der Waals surface area contributed by atoms with E-state index in [2.05, 4.69) is 16.0 Å². The molecule has 5 nitrogen and oxygen atoms in total. The van der Waals surface area contributed by atoms with Crippen LogP contribution in [-0.2, 0) is 17.8 Å². The van der Waals surface area contributed by atoms with E-state index in [-0.39, 0.29) is 17.4 Å². The van der Waals surface area contributed by atoms with Crippen molar-refractivity contribution < 1.29 is 14.0 Å². The van der Waals surface area contributed by atoms with Gasteiger partial charge in [-0.1, -0.05) is 19.1 Å². The van der Waals surface area contributed by atoms with Crippen LogP contribution >= 0.6 is 0 Å². The van der Waals surface area contributed by atoms with Crippen LogP contribution in [0.25, 0.3) is 0 Å². The smallest absolute Gasteiger partial charge is 0.255 e. The lowest BCUT2D eigenvalue weighted by molar-refractivity contribution is -0.115. The number of benzene rings is 2. The highest BCUT2D eigenvalue weighted by atomic mass is 19.1. The molecule has 0 bridgehead atoms. The van der Waals surface area contributed by atoms with Gasteiger partial charge >= 0.3 is 0 Å². The summed E-state index contributed by atoms with van der Waals surface area (Å²) in [6, 6.07) is 9.99. The minimum atomic E-state index is -0.416. The van der Waals surface area contributed by atoms with Crippen molar-refractivity contribution in [2.45, 2.75) is 26.3 Å². The topological polar surface area (TPSA) is 70.2 Å². The zero-order chi connectivity index (χ0) is 17.8. The molecule has 2 aromatic rings. The normalized spacial score (nSPS) is 13.0. The van der Waals surface area contributed by atoms with Crippen molar-refractivity contribution in [2.24, 2.45) is 0 Å². The highest BCUT2D eigenvalue weighted by Crippen LogP contribution is 2.25. The number of anilines is 2. The van der Waals surface area contributed by atoms with Crippen molar-refractivity contribution >= 4 is 23.2 Å². The summed E-state index contributed by atoms with van der Waals surface area (Å²) in [5.74, 6) is -0.921. The minimum absolute atomic E-state index is 0.133. The first kappa shape index (κ1) is 17.1. The fourth-order valence-electron chi connectivity index (χ4n) is 2.81. The quantitative estimate of drug-likeness (QED) is 0.800. The molecule has 0 aromatic heterocycles. The van der Waals surface area contributed by atoms with E-state index in [0.717, 1.165) is 12.1 Å². The lowest BCUT2D eigenvalue weighted by Crippen LogP contribution is -2.25. The average Bonchev–Trinajstić information content (AvgIpc) is 2.64. The molecule has 6 heteroatoms. The number of halogens is 1. The first-order valence-electron chi connectivity index (χ1n) is 8.30. The van der Waals surface area contributed by atoms with E-state index < -0.39 is 5.91 Å². The third kappa shape index (κ3) is 3.85. The molecule has 1 heterocycles. The van der Waals surface area contributed by atoms with Crippen molar-refractivity contribution in [2.75, 3.05) is 17.2 Å². The fourth-order valence-corrected chi connectivity index (χ4v) is 2.81. The van der Waals surface area contributed by atoms with Gasteiger partial charge in [0, 0.05) is 24.2 Å². The molecular weight excluding hydrogens is 321 g/mol. The van der Waals surface area contributed by atoms with E-state index in [9.17, 15) is 14.0 Å². The van der Waals surface area contributed by atoms with Gasteiger partial charge < -0.3 is 16.0 Å². The van der Waals surface area contributed by atoms with Crippen LogP contribution in [0.5, 0.6) is 0 Å². The highest BCUT2D eigenvalue weighted by Gasteiger charge is 2.18. The van der Waals surface area contributed by atoms with Gasteiger partial charge in [0.15, 0.2) is 0 Å². The summed E-state index contributed by atoms with van der Waals surface area (Å²) in [6.07, 6.45) is 0.953. The molecule has 0 saturated carbocycles. The Morgan fingerprint density at radius 3 is 2.84 bits per heavy atom. The van der Waals surface area contributed by atoms with Crippen LogP contribution < -0.4 is 16.0 Å². The van der Waals surface area contributed by atoms with Gasteiger partial charge in [-0.25, -0.2) is 4.39 Å². The van der Waals surface area contributed by atoms with Gasteiger partial charge in [0.1, 0.15) is 5.82 Å². The molecule has 1 aliphatic heterocycles. The average molecular weight is 341 g/mol. The summed E-state index contributed by atoms with van der Waals surface area (Å²) in [5, 5.41) is 8.52. The van der Waals surface area contributed by atoms with E-state index in [1.165, 1.54) is 0 Å². The largest absolute Gasteiger partial charge is 0.326 e. The number of carbonyl (C=O) groups is 2. The molecule has 3 rings (SSSR count). The molecule has 0 atom stereocenters. The first-order chi connectivity index (χ1) is 12.1. The van der Waals surface area contributed by atoms with Gasteiger partial charge in [0.2, 0.25) is 5.91 Å². The van der Waals surface area contributed by atoms with Crippen molar-refractivity contribution in [3.05, 3.63) is 58.9 Å². The summed E-state index contributed by atoms with van der Waals surface area (Å²) in [6.45, 7) is 3.11. The second kappa shape index (κ2) is 7.44. The van der Waals surface area contributed by atoms with E-state index >= 15 is 0 Å².